The number of phenolic OH excluding ortho intramolecular Hbond substituents is 1. The number of aromatic hydroxyl groups is 1. The topological polar surface area (TPSA) is 45.2 Å². The predicted molar refractivity (Wildman–Crippen MR) is 65.5 cm³/mol. The second kappa shape index (κ2) is 5.25. The van der Waals surface area contributed by atoms with E-state index in [0.29, 0.717) is 18.7 Å². The lowest BCUT2D eigenvalue weighted by molar-refractivity contribution is 0.461. The molecule has 0 atom stereocenters. The summed E-state index contributed by atoms with van der Waals surface area (Å²) in [6.07, 6.45) is 0. The number of nitrogens with one attached hydrogen (secondary N) is 1. The van der Waals surface area contributed by atoms with Crippen molar-refractivity contribution in [2.24, 2.45) is 0 Å². The van der Waals surface area contributed by atoms with Gasteiger partial charge in [-0.15, -0.1) is 11.3 Å². The molecule has 0 saturated carbocycles. The number of phenols is 1. The Morgan fingerprint density at radius 1 is 1.41 bits per heavy atom. The van der Waals surface area contributed by atoms with Gasteiger partial charge in [-0.1, -0.05) is 0 Å². The largest absolute Gasteiger partial charge is 0.508 e. The van der Waals surface area contributed by atoms with Gasteiger partial charge in [0.2, 0.25) is 0 Å². The van der Waals surface area contributed by atoms with Gasteiger partial charge in [-0.25, -0.2) is 9.37 Å². The highest BCUT2D eigenvalue weighted by Crippen LogP contribution is 2.18. The van der Waals surface area contributed by atoms with Crippen molar-refractivity contribution < 1.29 is 9.50 Å². The van der Waals surface area contributed by atoms with Crippen LogP contribution in [0.3, 0.4) is 0 Å². The van der Waals surface area contributed by atoms with Crippen LogP contribution >= 0.6 is 11.3 Å². The number of nitrogens with zero attached hydrogens (tertiary/aromatic N) is 1. The molecule has 0 aliphatic carbocycles. The maximum atomic E-state index is 13.0. The van der Waals surface area contributed by atoms with Gasteiger partial charge >= 0.3 is 0 Å². The van der Waals surface area contributed by atoms with Crippen LogP contribution in [0.5, 0.6) is 5.75 Å². The van der Waals surface area contributed by atoms with Crippen molar-refractivity contribution in [3.63, 3.8) is 0 Å². The second-order valence-corrected chi connectivity index (χ2v) is 4.68. The van der Waals surface area contributed by atoms with Gasteiger partial charge in [-0.2, -0.15) is 0 Å². The summed E-state index contributed by atoms with van der Waals surface area (Å²) in [7, 11) is 0. The van der Waals surface area contributed by atoms with Gasteiger partial charge in [0.15, 0.2) is 0 Å². The molecule has 1 aromatic heterocycles. The van der Waals surface area contributed by atoms with E-state index in [1.165, 1.54) is 18.2 Å². The molecule has 0 aliphatic rings. The average Bonchev–Trinajstić information content (AvgIpc) is 2.70. The van der Waals surface area contributed by atoms with E-state index >= 15 is 0 Å². The third-order valence-corrected chi connectivity index (χ3v) is 3.42. The van der Waals surface area contributed by atoms with Crippen molar-refractivity contribution >= 4 is 11.3 Å². The summed E-state index contributed by atoms with van der Waals surface area (Å²) in [5.41, 5.74) is 3.37. The second-order valence-electron chi connectivity index (χ2n) is 3.74. The molecule has 2 N–H and O–H groups in total. The smallest absolute Gasteiger partial charge is 0.123 e. The first-order valence-corrected chi connectivity index (χ1v) is 6.12. The zero-order valence-corrected chi connectivity index (χ0v) is 10.2. The number of benzene rings is 1. The first-order valence-electron chi connectivity index (χ1n) is 5.24. The van der Waals surface area contributed by atoms with Crippen molar-refractivity contribution in [1.29, 1.82) is 0 Å². The number of hydrogen-bond donors (Lipinski definition) is 2. The minimum atomic E-state index is -0.339. The Hall–Kier alpha value is -1.46. The van der Waals surface area contributed by atoms with E-state index < -0.39 is 0 Å². The van der Waals surface area contributed by atoms with Gasteiger partial charge in [0.05, 0.1) is 11.2 Å². The highest BCUT2D eigenvalue weighted by atomic mass is 32.1. The quantitative estimate of drug-likeness (QED) is 0.879. The molecule has 17 heavy (non-hydrogen) atoms. The van der Waals surface area contributed by atoms with Gasteiger partial charge < -0.3 is 10.4 Å². The van der Waals surface area contributed by atoms with E-state index in [4.69, 9.17) is 0 Å². The molecule has 0 unspecified atom stereocenters. The van der Waals surface area contributed by atoms with Crippen molar-refractivity contribution in [2.45, 2.75) is 20.0 Å². The van der Waals surface area contributed by atoms with E-state index in [-0.39, 0.29) is 11.6 Å². The first kappa shape index (κ1) is 12.0. The van der Waals surface area contributed by atoms with Crippen LogP contribution in [0.25, 0.3) is 0 Å². The molecule has 1 heterocycles. The number of aryl methyl sites for hydroxylation is 1. The van der Waals surface area contributed by atoms with Crippen LogP contribution in [0.15, 0.2) is 23.7 Å². The monoisotopic (exact) mass is 252 g/mol. The fraction of sp³-hybridized carbons (Fsp3) is 0.250. The summed E-state index contributed by atoms with van der Waals surface area (Å²) in [5.74, 6) is -0.228. The van der Waals surface area contributed by atoms with Crippen LogP contribution in [0.2, 0.25) is 0 Å². The predicted octanol–water partition coefficient (Wildman–Crippen LogP) is 2.59. The standard InChI is InChI=1S/C12H13FN2OS/c1-8-12(17-7-15-8)6-14-5-9-4-10(13)2-3-11(9)16/h2-4,7,14,16H,5-6H2,1H3. The van der Waals surface area contributed by atoms with Crippen molar-refractivity contribution in [1.82, 2.24) is 10.3 Å². The Bertz CT molecular complexity index is 513. The maximum absolute atomic E-state index is 13.0. The summed E-state index contributed by atoms with van der Waals surface area (Å²) >= 11 is 1.58. The molecule has 0 bridgehead atoms. The molecule has 90 valence electrons. The molecule has 5 heteroatoms. The molecule has 0 saturated heterocycles. The molecule has 0 spiro atoms. The van der Waals surface area contributed by atoms with Crippen LogP contribution in [-0.2, 0) is 13.1 Å². The van der Waals surface area contributed by atoms with Crippen molar-refractivity contribution in [3.8, 4) is 5.75 Å². The van der Waals surface area contributed by atoms with Crippen molar-refractivity contribution in [3.05, 3.63) is 45.7 Å². The van der Waals surface area contributed by atoms with E-state index in [0.717, 1.165) is 10.6 Å². The molecule has 2 aromatic rings. The maximum Gasteiger partial charge on any atom is 0.123 e. The van der Waals surface area contributed by atoms with Crippen LogP contribution in [0.4, 0.5) is 4.39 Å². The van der Waals surface area contributed by atoms with Crippen LogP contribution in [0.1, 0.15) is 16.1 Å². The van der Waals surface area contributed by atoms with Gasteiger partial charge in [-0.05, 0) is 25.1 Å². The molecule has 0 aliphatic heterocycles. The van der Waals surface area contributed by atoms with E-state index in [2.05, 4.69) is 10.3 Å². The molecule has 3 nitrogen and oxygen atoms in total. The van der Waals surface area contributed by atoms with Gasteiger partial charge in [0, 0.05) is 23.5 Å². The lowest BCUT2D eigenvalue weighted by atomic mass is 10.2. The first-order chi connectivity index (χ1) is 8.16. The molecule has 2 rings (SSSR count). The van der Waals surface area contributed by atoms with Crippen LogP contribution in [0, 0.1) is 12.7 Å². The lowest BCUT2D eigenvalue weighted by Crippen LogP contribution is -2.12. The van der Waals surface area contributed by atoms with Gasteiger partial charge in [0.25, 0.3) is 0 Å². The van der Waals surface area contributed by atoms with E-state index in [9.17, 15) is 9.50 Å². The molecule has 0 amide bonds. The molecule has 0 fully saturated rings. The van der Waals surface area contributed by atoms with Gasteiger partial charge in [0.1, 0.15) is 11.6 Å². The van der Waals surface area contributed by atoms with Crippen LogP contribution < -0.4 is 5.32 Å². The zero-order valence-electron chi connectivity index (χ0n) is 9.40. The van der Waals surface area contributed by atoms with Gasteiger partial charge in [-0.3, -0.25) is 0 Å². The molecule has 0 radical (unpaired) electrons. The number of rotatable bonds is 4. The Labute approximate surface area is 103 Å². The highest BCUT2D eigenvalue weighted by Gasteiger charge is 2.04. The minimum Gasteiger partial charge on any atom is -0.508 e. The summed E-state index contributed by atoms with van der Waals surface area (Å²) in [6.45, 7) is 3.06. The molecule has 1 aromatic carbocycles. The number of hydrogen-bond acceptors (Lipinski definition) is 4. The Morgan fingerprint density at radius 2 is 2.24 bits per heavy atom. The zero-order chi connectivity index (χ0) is 12.3. The average molecular weight is 252 g/mol. The van der Waals surface area contributed by atoms with E-state index in [1.807, 2.05) is 6.92 Å². The number of halogens is 1. The molecular formula is C12H13FN2OS. The summed E-state index contributed by atoms with van der Waals surface area (Å²) < 4.78 is 13.0. The van der Waals surface area contributed by atoms with Crippen LogP contribution in [-0.4, -0.2) is 10.1 Å². The SMILES string of the molecule is Cc1ncsc1CNCc1cc(F)ccc1O. The molecular weight excluding hydrogens is 239 g/mol. The third kappa shape index (κ3) is 3.01. The minimum absolute atomic E-state index is 0.111. The number of thiazole rings is 1. The Balaban J connectivity index is 1.94. The fourth-order valence-corrected chi connectivity index (χ4v) is 2.25. The van der Waals surface area contributed by atoms with Crippen molar-refractivity contribution in [2.75, 3.05) is 0 Å². The highest BCUT2D eigenvalue weighted by molar-refractivity contribution is 7.09. The summed E-state index contributed by atoms with van der Waals surface area (Å²) in [4.78, 5) is 5.30. The Morgan fingerprint density at radius 3 is 2.94 bits per heavy atom. The Kier molecular flexibility index (Phi) is 3.71. The fourth-order valence-electron chi connectivity index (χ4n) is 1.50. The number of aromatic nitrogens is 1. The normalized spacial score (nSPS) is 10.7. The third-order valence-electron chi connectivity index (χ3n) is 2.49. The lowest BCUT2D eigenvalue weighted by Gasteiger charge is -2.06. The summed E-state index contributed by atoms with van der Waals surface area (Å²) in [5, 5.41) is 12.7. The van der Waals surface area contributed by atoms with E-state index in [1.54, 1.807) is 16.8 Å². The summed E-state index contributed by atoms with van der Waals surface area (Å²) in [6, 6.07) is 3.94.